The third-order valence-electron chi connectivity index (χ3n) is 13.8. The van der Waals surface area contributed by atoms with Crippen molar-refractivity contribution in [2.24, 2.45) is 0 Å². The van der Waals surface area contributed by atoms with Crippen LogP contribution in [0.2, 0.25) is 0 Å². The fourth-order valence-corrected chi connectivity index (χ4v) is 10.8. The summed E-state index contributed by atoms with van der Waals surface area (Å²) in [5.41, 5.74) is 15.4. The molecule has 0 spiro atoms. The van der Waals surface area contributed by atoms with Crippen LogP contribution in [0, 0.1) is 20.8 Å². The van der Waals surface area contributed by atoms with Crippen molar-refractivity contribution in [1.82, 2.24) is 0 Å². The molecule has 6 heterocycles. The number of aryl methyl sites for hydroxylation is 3. The van der Waals surface area contributed by atoms with Crippen molar-refractivity contribution in [2.75, 3.05) is 0 Å². The fraction of sp³-hybridized carbons (Fsp3) is 0.208. The molecule has 0 aromatic heterocycles. The SMILES string of the molecule is Cc1cc2c3c(c1)Oc1cc4c(cc1B3c1cc(C(C)(C)C)ccc1O2)B1c2cc3c(cc2Oc2cc(C)cc(c21)O4)Oc1cc(C)cc2c1B3c1cc(C(C)(C)C)ccc1O2. The highest BCUT2D eigenvalue weighted by Gasteiger charge is 2.48. The molecule has 6 aliphatic heterocycles. The molecule has 6 nitrogen and oxygen atoms in total. The maximum absolute atomic E-state index is 6.94. The standard InChI is InChI=1S/C53H43B3O6/c1-26-14-43-49-45(16-26)59-39-24-41-35(22-33(39)54(49)31-20-29(52(4,5)6)10-12-37(31)57-43)56-36-23-34-40(25-42(36)62-48-19-28(3)18-47(61-41)51(48)56)60-46-17-27(2)15-44-50(46)55(34)32-21-30(53(7,8)9)11-13-38(32)58-44/h10-25H,1-9H3. The molecule has 6 aliphatic rings. The van der Waals surface area contributed by atoms with Gasteiger partial charge in [-0.3, -0.25) is 0 Å². The molecule has 0 N–H and O–H groups in total. The Morgan fingerprint density at radius 3 is 0.823 bits per heavy atom. The second-order valence-electron chi connectivity index (χ2n) is 20.3. The lowest BCUT2D eigenvalue weighted by atomic mass is 9.30. The van der Waals surface area contributed by atoms with Gasteiger partial charge in [0.2, 0.25) is 0 Å². The van der Waals surface area contributed by atoms with E-state index >= 15 is 0 Å². The molecule has 0 amide bonds. The second-order valence-corrected chi connectivity index (χ2v) is 20.3. The van der Waals surface area contributed by atoms with E-state index in [4.69, 9.17) is 28.4 Å². The lowest BCUT2D eigenvalue weighted by Crippen LogP contribution is -2.63. The third-order valence-corrected chi connectivity index (χ3v) is 13.8. The molecule has 0 bridgehead atoms. The van der Waals surface area contributed by atoms with Gasteiger partial charge in [0, 0.05) is 28.5 Å². The predicted octanol–water partition coefficient (Wildman–Crippen LogP) is 7.39. The summed E-state index contributed by atoms with van der Waals surface area (Å²) in [6.07, 6.45) is 0. The average Bonchev–Trinajstić information content (AvgIpc) is 3.20. The highest BCUT2D eigenvalue weighted by molar-refractivity contribution is 7.02. The molecule has 0 aliphatic carbocycles. The van der Waals surface area contributed by atoms with E-state index in [1.165, 1.54) is 11.1 Å². The average molecular weight is 808 g/mol. The molecule has 0 saturated heterocycles. The van der Waals surface area contributed by atoms with Crippen LogP contribution in [0.25, 0.3) is 0 Å². The molecule has 0 atom stereocenters. The molecule has 7 aromatic carbocycles. The molecule has 300 valence electrons. The summed E-state index contributed by atoms with van der Waals surface area (Å²) in [5, 5.41) is 0. The number of fused-ring (bicyclic) bond motifs is 12. The van der Waals surface area contributed by atoms with E-state index in [0.717, 1.165) is 135 Å². The lowest BCUT2D eigenvalue weighted by Gasteiger charge is -2.38. The van der Waals surface area contributed by atoms with Crippen LogP contribution in [-0.2, 0) is 10.8 Å². The molecule has 9 heteroatoms. The highest BCUT2D eigenvalue weighted by atomic mass is 16.5. The van der Waals surface area contributed by atoms with Crippen LogP contribution >= 0.6 is 0 Å². The minimum atomic E-state index is -0.193. The number of hydrogen-bond donors (Lipinski definition) is 0. The molecular formula is C53H43B3O6. The topological polar surface area (TPSA) is 55.4 Å². The van der Waals surface area contributed by atoms with E-state index in [-0.39, 0.29) is 31.0 Å². The monoisotopic (exact) mass is 808 g/mol. The molecule has 7 aromatic rings. The molecule has 62 heavy (non-hydrogen) atoms. The van der Waals surface area contributed by atoms with Gasteiger partial charge < -0.3 is 28.4 Å². The summed E-state index contributed by atoms with van der Waals surface area (Å²) in [4.78, 5) is 0. The van der Waals surface area contributed by atoms with E-state index in [1.807, 2.05) is 0 Å². The van der Waals surface area contributed by atoms with Crippen LogP contribution < -0.4 is 77.6 Å². The zero-order valence-electron chi connectivity index (χ0n) is 36.4. The predicted molar refractivity (Wildman–Crippen MR) is 251 cm³/mol. The number of hydrogen-bond acceptors (Lipinski definition) is 6. The number of ether oxygens (including phenoxy) is 6. The van der Waals surface area contributed by atoms with Crippen LogP contribution in [0.1, 0.15) is 69.4 Å². The number of benzene rings is 7. The Kier molecular flexibility index (Phi) is 6.96. The summed E-state index contributed by atoms with van der Waals surface area (Å²) >= 11 is 0. The Balaban J connectivity index is 1.04. The van der Waals surface area contributed by atoms with Crippen molar-refractivity contribution in [3.05, 3.63) is 125 Å². The fourth-order valence-electron chi connectivity index (χ4n) is 10.8. The summed E-state index contributed by atoms with van der Waals surface area (Å²) < 4.78 is 41.1. The largest absolute Gasteiger partial charge is 0.458 e. The van der Waals surface area contributed by atoms with Gasteiger partial charge in [-0.05, 0) is 141 Å². The summed E-state index contributed by atoms with van der Waals surface area (Å²) in [7, 11) is 0. The minimum Gasteiger partial charge on any atom is -0.458 e. The second kappa shape index (κ2) is 11.9. The van der Waals surface area contributed by atoms with Gasteiger partial charge in [-0.15, -0.1) is 0 Å². The van der Waals surface area contributed by atoms with E-state index < -0.39 is 0 Å². The normalized spacial score (nSPS) is 14.9. The summed E-state index contributed by atoms with van der Waals surface area (Å²) in [6, 6.07) is 35.1. The van der Waals surface area contributed by atoms with Gasteiger partial charge in [-0.1, -0.05) is 77.9 Å². The Labute approximate surface area is 363 Å². The first-order valence-electron chi connectivity index (χ1n) is 21.8. The van der Waals surface area contributed by atoms with Crippen molar-refractivity contribution < 1.29 is 28.4 Å². The Morgan fingerprint density at radius 2 is 0.548 bits per heavy atom. The van der Waals surface area contributed by atoms with E-state index in [9.17, 15) is 0 Å². The maximum atomic E-state index is 6.94. The molecule has 0 unspecified atom stereocenters. The Bertz CT molecular complexity index is 3020. The van der Waals surface area contributed by atoms with Gasteiger partial charge in [-0.2, -0.15) is 0 Å². The van der Waals surface area contributed by atoms with Gasteiger partial charge in [0.25, 0.3) is 20.1 Å². The van der Waals surface area contributed by atoms with E-state index in [2.05, 4.69) is 159 Å². The van der Waals surface area contributed by atoms with Crippen molar-refractivity contribution >= 4 is 69.3 Å². The zero-order valence-corrected chi connectivity index (χ0v) is 36.4. The van der Waals surface area contributed by atoms with Crippen LogP contribution in [0.4, 0.5) is 0 Å². The third kappa shape index (κ3) is 5.02. The Hall–Kier alpha value is -6.47. The zero-order chi connectivity index (χ0) is 42.3. The molecular weight excluding hydrogens is 765 g/mol. The first kappa shape index (κ1) is 36.2. The number of rotatable bonds is 0. The van der Waals surface area contributed by atoms with Gasteiger partial charge >= 0.3 is 0 Å². The van der Waals surface area contributed by atoms with E-state index in [0.29, 0.717) is 0 Å². The summed E-state index contributed by atoms with van der Waals surface area (Å²) in [5.74, 6) is 9.82. The van der Waals surface area contributed by atoms with Crippen molar-refractivity contribution in [3.63, 3.8) is 0 Å². The van der Waals surface area contributed by atoms with E-state index in [1.54, 1.807) is 0 Å². The first-order valence-corrected chi connectivity index (χ1v) is 21.8. The summed E-state index contributed by atoms with van der Waals surface area (Å²) in [6.45, 7) is 19.4. The molecule has 0 radical (unpaired) electrons. The van der Waals surface area contributed by atoms with Crippen LogP contribution in [-0.4, -0.2) is 20.1 Å². The van der Waals surface area contributed by atoms with Crippen LogP contribution in [0.3, 0.4) is 0 Å². The van der Waals surface area contributed by atoms with Gasteiger partial charge in [0.05, 0.1) is 0 Å². The lowest BCUT2D eigenvalue weighted by molar-refractivity contribution is 0.447. The maximum Gasteiger partial charge on any atom is 0.260 e. The van der Waals surface area contributed by atoms with Crippen molar-refractivity contribution in [2.45, 2.75) is 73.1 Å². The first-order chi connectivity index (χ1) is 29.6. The molecule has 0 saturated carbocycles. The minimum absolute atomic E-state index is 0.0462. The Morgan fingerprint density at radius 1 is 0.290 bits per heavy atom. The molecule has 0 fully saturated rings. The smallest absolute Gasteiger partial charge is 0.260 e. The van der Waals surface area contributed by atoms with Gasteiger partial charge in [-0.25, -0.2) is 0 Å². The van der Waals surface area contributed by atoms with Crippen LogP contribution in [0.5, 0.6) is 69.0 Å². The van der Waals surface area contributed by atoms with Crippen molar-refractivity contribution in [3.8, 4) is 69.0 Å². The van der Waals surface area contributed by atoms with Gasteiger partial charge in [0.15, 0.2) is 0 Å². The van der Waals surface area contributed by atoms with Crippen LogP contribution in [0.15, 0.2) is 97.1 Å². The van der Waals surface area contributed by atoms with Crippen molar-refractivity contribution in [1.29, 1.82) is 0 Å². The quantitative estimate of drug-likeness (QED) is 0.149. The molecule has 13 rings (SSSR count). The highest BCUT2D eigenvalue weighted by Crippen LogP contribution is 2.43. The van der Waals surface area contributed by atoms with Gasteiger partial charge in [0.1, 0.15) is 69.0 Å².